The smallest absolute Gasteiger partial charge is 0.345 e. The number of para-hydroxylation sites is 1. The zero-order chi connectivity index (χ0) is 25.0. The number of aromatic carboxylic acids is 1. The van der Waals surface area contributed by atoms with E-state index in [0.29, 0.717) is 12.2 Å². The molecule has 1 aliphatic heterocycles. The molecule has 2 unspecified atom stereocenters. The Balaban J connectivity index is 1.63. The third-order valence-corrected chi connectivity index (χ3v) is 8.76. The van der Waals surface area contributed by atoms with E-state index in [4.69, 9.17) is 9.26 Å². The summed E-state index contributed by atoms with van der Waals surface area (Å²) in [7, 11) is -1.68. The summed E-state index contributed by atoms with van der Waals surface area (Å²) in [5.41, 5.74) is 0.808. The fraction of sp³-hybridized carbons (Fsp3) is 0.360. The molecule has 0 bridgehead atoms. The maximum Gasteiger partial charge on any atom is 0.345 e. The minimum Gasteiger partial charge on any atom is -0.477 e. The van der Waals surface area contributed by atoms with Gasteiger partial charge in [-0.1, -0.05) is 37.6 Å². The zero-order valence-electron chi connectivity index (χ0n) is 19.2. The van der Waals surface area contributed by atoms with E-state index in [2.05, 4.69) is 0 Å². The van der Waals surface area contributed by atoms with E-state index in [1.165, 1.54) is 16.0 Å². The van der Waals surface area contributed by atoms with Crippen molar-refractivity contribution < 1.29 is 32.7 Å². The van der Waals surface area contributed by atoms with Crippen LogP contribution in [0.5, 0.6) is 5.75 Å². The van der Waals surface area contributed by atoms with Gasteiger partial charge in [0.05, 0.1) is 13.2 Å². The lowest BCUT2D eigenvalue weighted by atomic mass is 10.2. The lowest BCUT2D eigenvalue weighted by Gasteiger charge is -2.31. The second kappa shape index (κ2) is 11.0. The molecule has 0 spiro atoms. The molecule has 1 fully saturated rings. The number of hydrogen-bond acceptors (Lipinski definition) is 6. The van der Waals surface area contributed by atoms with Crippen molar-refractivity contribution in [2.24, 2.45) is 0 Å². The number of ether oxygens (including phenoxy) is 1. The Morgan fingerprint density at radius 2 is 1.97 bits per heavy atom. The first-order valence-electron chi connectivity index (χ1n) is 11.3. The second-order valence-corrected chi connectivity index (χ2v) is 11.2. The van der Waals surface area contributed by atoms with Crippen LogP contribution < -0.4 is 4.52 Å². The van der Waals surface area contributed by atoms with Crippen molar-refractivity contribution in [2.75, 3.05) is 13.2 Å². The molecule has 0 aliphatic carbocycles. The number of rotatable bonds is 10. The van der Waals surface area contributed by atoms with Gasteiger partial charge >= 0.3 is 11.9 Å². The molecule has 1 saturated heterocycles. The maximum absolute atomic E-state index is 14.6. The number of carboxylic acids is 1. The van der Waals surface area contributed by atoms with Crippen LogP contribution in [0.2, 0.25) is 0 Å². The minimum absolute atomic E-state index is 0.198. The molecule has 0 saturated carbocycles. The molecule has 4 rings (SSSR count). The molecule has 1 aliphatic rings. The SMILES string of the molecule is CCCCOC(=O)C1CC(F)(F)CN1P(Cc1ccc2sc(C(=O)O)cc2c1)Oc1ccccc1. The zero-order valence-corrected chi connectivity index (χ0v) is 20.9. The van der Waals surface area contributed by atoms with Crippen LogP contribution in [0.3, 0.4) is 0 Å². The summed E-state index contributed by atoms with van der Waals surface area (Å²) in [4.78, 5) is 24.3. The molecule has 2 atom stereocenters. The van der Waals surface area contributed by atoms with Gasteiger partial charge in [0.2, 0.25) is 0 Å². The number of thiophene rings is 1. The summed E-state index contributed by atoms with van der Waals surface area (Å²) in [5, 5.41) is 10.1. The Labute approximate surface area is 207 Å². The summed E-state index contributed by atoms with van der Waals surface area (Å²) in [6.45, 7) is 1.56. The van der Waals surface area contributed by atoms with Crippen molar-refractivity contribution in [3.63, 3.8) is 0 Å². The van der Waals surface area contributed by atoms with Crippen molar-refractivity contribution in [3.05, 3.63) is 65.0 Å². The van der Waals surface area contributed by atoms with Crippen molar-refractivity contribution in [1.29, 1.82) is 0 Å². The van der Waals surface area contributed by atoms with Gasteiger partial charge in [0, 0.05) is 17.3 Å². The highest BCUT2D eigenvalue weighted by molar-refractivity contribution is 7.49. The van der Waals surface area contributed by atoms with Gasteiger partial charge in [-0.25, -0.2) is 18.2 Å². The van der Waals surface area contributed by atoms with Crippen molar-refractivity contribution in [3.8, 4) is 5.75 Å². The van der Waals surface area contributed by atoms with Gasteiger partial charge in [0.1, 0.15) is 16.7 Å². The molecule has 2 aromatic carbocycles. The van der Waals surface area contributed by atoms with E-state index in [0.717, 1.165) is 22.1 Å². The van der Waals surface area contributed by atoms with Crippen molar-refractivity contribution >= 4 is 41.7 Å². The molecule has 186 valence electrons. The van der Waals surface area contributed by atoms with Crippen LogP contribution in [0.1, 0.15) is 41.4 Å². The third kappa shape index (κ3) is 6.34. The monoisotopic (exact) mass is 521 g/mol. The van der Waals surface area contributed by atoms with E-state index < -0.39 is 45.2 Å². The summed E-state index contributed by atoms with van der Waals surface area (Å²) < 4.78 is 42.9. The maximum atomic E-state index is 14.6. The Hall–Kier alpha value is -2.61. The summed E-state index contributed by atoms with van der Waals surface area (Å²) in [6, 6.07) is 14.9. The molecule has 0 amide bonds. The van der Waals surface area contributed by atoms with E-state index >= 15 is 0 Å². The van der Waals surface area contributed by atoms with Crippen molar-refractivity contribution in [1.82, 2.24) is 4.67 Å². The molecule has 2 heterocycles. The largest absolute Gasteiger partial charge is 0.477 e. The molecule has 3 aromatic rings. The number of esters is 1. The fourth-order valence-electron chi connectivity index (χ4n) is 3.88. The van der Waals surface area contributed by atoms with Crippen molar-refractivity contribution in [2.45, 2.75) is 44.3 Å². The Morgan fingerprint density at radius 3 is 2.69 bits per heavy atom. The lowest BCUT2D eigenvalue weighted by molar-refractivity contribution is -0.148. The molecule has 10 heteroatoms. The molecular weight excluding hydrogens is 495 g/mol. The highest BCUT2D eigenvalue weighted by atomic mass is 32.1. The van der Waals surface area contributed by atoms with Crippen LogP contribution >= 0.6 is 19.6 Å². The average molecular weight is 522 g/mol. The first-order valence-corrected chi connectivity index (χ1v) is 13.5. The van der Waals surface area contributed by atoms with Crippen LogP contribution in [-0.4, -0.2) is 46.8 Å². The van der Waals surface area contributed by atoms with E-state index in [-0.39, 0.29) is 17.6 Å². The predicted octanol–water partition coefficient (Wildman–Crippen LogP) is 6.54. The predicted molar refractivity (Wildman–Crippen MR) is 132 cm³/mol. The van der Waals surface area contributed by atoms with Crippen LogP contribution in [-0.2, 0) is 15.7 Å². The number of hydrogen-bond donors (Lipinski definition) is 1. The number of unbranched alkanes of at least 4 members (excludes halogenated alkanes) is 1. The third-order valence-electron chi connectivity index (χ3n) is 5.61. The first-order chi connectivity index (χ1) is 16.8. The van der Waals surface area contributed by atoms with Crippen LogP contribution in [0.4, 0.5) is 8.78 Å². The number of carbonyl (C=O) groups is 2. The standard InChI is InChI=1S/C25H26F2NO5PS/c1-2-3-11-32-24(31)20-14-25(26,27)16-28(20)34(33-19-7-5-4-6-8-19)15-17-9-10-21-18(12-17)13-22(35-21)23(29)30/h4-10,12-13,20H,2-3,11,14-16H2,1H3,(H,29,30). The van der Waals surface area contributed by atoms with Gasteiger partial charge in [-0.05, 0) is 47.7 Å². The number of nitrogens with zero attached hydrogens (tertiary/aromatic N) is 1. The lowest BCUT2D eigenvalue weighted by Crippen LogP contribution is -2.35. The summed E-state index contributed by atoms with van der Waals surface area (Å²) in [6.07, 6.45) is 1.17. The van der Waals surface area contributed by atoms with Gasteiger partial charge in [0.25, 0.3) is 5.92 Å². The normalized spacial score (nSPS) is 18.4. The van der Waals surface area contributed by atoms with Gasteiger partial charge < -0.3 is 14.4 Å². The Morgan fingerprint density at radius 1 is 1.20 bits per heavy atom. The first kappa shape index (κ1) is 25.5. The Bertz CT molecular complexity index is 1190. The second-order valence-electron chi connectivity index (χ2n) is 8.40. The van der Waals surface area contributed by atoms with Crippen LogP contribution in [0, 0.1) is 0 Å². The Kier molecular flexibility index (Phi) is 7.99. The number of alkyl halides is 2. The van der Waals surface area contributed by atoms with E-state index in [1.807, 2.05) is 31.2 Å². The van der Waals surface area contributed by atoms with Crippen LogP contribution in [0.25, 0.3) is 10.1 Å². The number of benzene rings is 2. The summed E-state index contributed by atoms with van der Waals surface area (Å²) in [5.74, 6) is -4.16. The number of carboxylic acid groups (broad SMARTS) is 1. The fourth-order valence-corrected chi connectivity index (χ4v) is 6.84. The number of halogens is 2. The quantitative estimate of drug-likeness (QED) is 0.185. The van der Waals surface area contributed by atoms with Gasteiger partial charge in [0.15, 0.2) is 8.30 Å². The van der Waals surface area contributed by atoms with Gasteiger partial charge in [-0.2, -0.15) is 0 Å². The van der Waals surface area contributed by atoms with Gasteiger partial charge in [-0.15, -0.1) is 11.3 Å². The number of carbonyl (C=O) groups excluding carboxylic acids is 1. The molecule has 35 heavy (non-hydrogen) atoms. The van der Waals surface area contributed by atoms with E-state index in [1.54, 1.807) is 30.3 Å². The topological polar surface area (TPSA) is 76.1 Å². The summed E-state index contributed by atoms with van der Waals surface area (Å²) >= 11 is 1.18. The van der Waals surface area contributed by atoms with Crippen LogP contribution in [0.15, 0.2) is 54.6 Å². The highest BCUT2D eigenvalue weighted by Gasteiger charge is 2.52. The molecule has 6 nitrogen and oxygen atoms in total. The molecular formula is C25H26F2NO5PS. The van der Waals surface area contributed by atoms with E-state index in [9.17, 15) is 23.5 Å². The van der Waals surface area contributed by atoms with Gasteiger partial charge in [-0.3, -0.25) is 4.79 Å². The number of fused-ring (bicyclic) bond motifs is 1. The average Bonchev–Trinajstić information content (AvgIpc) is 3.40. The molecule has 1 N–H and O–H groups in total. The minimum atomic E-state index is -3.04. The molecule has 0 radical (unpaired) electrons. The molecule has 1 aromatic heterocycles. The highest BCUT2D eigenvalue weighted by Crippen LogP contribution is 2.52.